The van der Waals surface area contributed by atoms with E-state index in [1.54, 1.807) is 0 Å². The molecule has 2 rings (SSSR count). The average molecular weight is 208 g/mol. The molecule has 0 radical (unpaired) electrons. The number of aryl methyl sites for hydroxylation is 1. The summed E-state index contributed by atoms with van der Waals surface area (Å²) in [7, 11) is 0. The van der Waals surface area contributed by atoms with Crippen LogP contribution < -0.4 is 5.32 Å². The van der Waals surface area contributed by atoms with Gasteiger partial charge in [-0.25, -0.2) is 0 Å². The van der Waals surface area contributed by atoms with Crippen LogP contribution >= 0.6 is 0 Å². The highest BCUT2D eigenvalue weighted by atomic mass is 15.3. The number of nitrogens with zero attached hydrogens (tertiary/aromatic N) is 3. The first-order chi connectivity index (χ1) is 7.42. The third kappa shape index (κ3) is 2.56. The Labute approximate surface area is 91.1 Å². The fourth-order valence-electron chi connectivity index (χ4n) is 2.16. The van der Waals surface area contributed by atoms with Crippen molar-refractivity contribution in [3.8, 4) is 0 Å². The summed E-state index contributed by atoms with van der Waals surface area (Å²) >= 11 is 0. The van der Waals surface area contributed by atoms with E-state index in [1.165, 1.54) is 31.5 Å². The second kappa shape index (κ2) is 5.26. The van der Waals surface area contributed by atoms with Gasteiger partial charge in [-0.15, -0.1) is 10.2 Å². The van der Waals surface area contributed by atoms with Gasteiger partial charge in [0.15, 0.2) is 0 Å². The van der Waals surface area contributed by atoms with E-state index >= 15 is 0 Å². The summed E-state index contributed by atoms with van der Waals surface area (Å²) in [5, 5.41) is 11.7. The van der Waals surface area contributed by atoms with E-state index in [2.05, 4.69) is 27.0 Å². The molecule has 1 aromatic rings. The first-order valence-corrected chi connectivity index (χ1v) is 6.00. The number of hydrogen-bond donors (Lipinski definition) is 1. The molecule has 0 spiro atoms. The monoisotopic (exact) mass is 208 g/mol. The molecule has 0 aliphatic carbocycles. The molecule has 1 aliphatic heterocycles. The van der Waals surface area contributed by atoms with Gasteiger partial charge in [-0.05, 0) is 19.4 Å². The highest BCUT2D eigenvalue weighted by Gasteiger charge is 2.21. The average Bonchev–Trinajstić information content (AvgIpc) is 2.87. The largest absolute Gasteiger partial charge is 0.317 e. The second-order valence-electron chi connectivity index (χ2n) is 4.28. The van der Waals surface area contributed by atoms with E-state index in [1.807, 2.05) is 6.33 Å². The fourth-order valence-corrected chi connectivity index (χ4v) is 2.16. The summed E-state index contributed by atoms with van der Waals surface area (Å²) in [4.78, 5) is 0. The zero-order chi connectivity index (χ0) is 10.5. The Bertz CT molecular complexity index is 289. The Balaban J connectivity index is 1.95. The number of aromatic nitrogens is 3. The van der Waals surface area contributed by atoms with E-state index in [4.69, 9.17) is 0 Å². The maximum atomic E-state index is 4.25. The molecule has 1 aromatic heterocycles. The van der Waals surface area contributed by atoms with Crippen LogP contribution in [-0.4, -0.2) is 27.9 Å². The molecule has 4 heteroatoms. The molecule has 0 saturated carbocycles. The molecule has 84 valence electrons. The third-order valence-electron chi connectivity index (χ3n) is 3.07. The molecule has 1 unspecified atom stereocenters. The molecule has 1 atom stereocenters. The number of unbranched alkanes of at least 4 members (excludes halogenated alkanes) is 2. The molecule has 1 fully saturated rings. The zero-order valence-electron chi connectivity index (χ0n) is 9.45. The second-order valence-corrected chi connectivity index (χ2v) is 4.28. The Morgan fingerprint density at radius 3 is 3.20 bits per heavy atom. The minimum atomic E-state index is 0.578. The standard InChI is InChI=1S/C11H20N4/c1-2-3-4-7-15-9-13-14-11(15)10-5-6-12-8-10/h9-10,12H,2-8H2,1H3. The number of rotatable bonds is 5. The van der Waals surface area contributed by atoms with Gasteiger partial charge in [0.2, 0.25) is 0 Å². The number of nitrogens with one attached hydrogen (secondary N) is 1. The summed E-state index contributed by atoms with van der Waals surface area (Å²) < 4.78 is 2.23. The first-order valence-electron chi connectivity index (χ1n) is 6.00. The predicted octanol–water partition coefficient (Wildman–Crippen LogP) is 1.55. The van der Waals surface area contributed by atoms with Gasteiger partial charge in [0.25, 0.3) is 0 Å². The SMILES string of the molecule is CCCCCn1cnnc1C1CCNC1. The highest BCUT2D eigenvalue weighted by Crippen LogP contribution is 2.20. The summed E-state index contributed by atoms with van der Waals surface area (Å²) in [6, 6.07) is 0. The van der Waals surface area contributed by atoms with Gasteiger partial charge in [0, 0.05) is 19.0 Å². The summed E-state index contributed by atoms with van der Waals surface area (Å²) in [5.74, 6) is 1.75. The molecule has 0 aromatic carbocycles. The molecule has 1 aliphatic rings. The summed E-state index contributed by atoms with van der Waals surface area (Å²) in [6.07, 6.45) is 6.88. The Morgan fingerprint density at radius 1 is 1.53 bits per heavy atom. The zero-order valence-corrected chi connectivity index (χ0v) is 9.45. The van der Waals surface area contributed by atoms with Crippen molar-refractivity contribution >= 4 is 0 Å². The first kappa shape index (κ1) is 10.6. The van der Waals surface area contributed by atoms with Crippen LogP contribution in [0, 0.1) is 0 Å². The summed E-state index contributed by atoms with van der Waals surface area (Å²) in [5.41, 5.74) is 0. The summed E-state index contributed by atoms with van der Waals surface area (Å²) in [6.45, 7) is 5.49. The minimum absolute atomic E-state index is 0.578. The topological polar surface area (TPSA) is 42.7 Å². The number of hydrogen-bond acceptors (Lipinski definition) is 3. The Morgan fingerprint density at radius 2 is 2.47 bits per heavy atom. The van der Waals surface area contributed by atoms with Crippen LogP contribution in [0.1, 0.15) is 44.3 Å². The molecule has 2 heterocycles. The smallest absolute Gasteiger partial charge is 0.137 e. The van der Waals surface area contributed by atoms with Gasteiger partial charge in [-0.2, -0.15) is 0 Å². The lowest BCUT2D eigenvalue weighted by atomic mass is 10.1. The molecule has 1 N–H and O–H groups in total. The maximum absolute atomic E-state index is 4.25. The van der Waals surface area contributed by atoms with Crippen LogP contribution in [0.5, 0.6) is 0 Å². The Kier molecular flexibility index (Phi) is 3.72. The maximum Gasteiger partial charge on any atom is 0.137 e. The van der Waals surface area contributed by atoms with Crippen molar-refractivity contribution in [2.45, 2.75) is 45.1 Å². The minimum Gasteiger partial charge on any atom is -0.317 e. The fraction of sp³-hybridized carbons (Fsp3) is 0.818. The van der Waals surface area contributed by atoms with Crippen molar-refractivity contribution in [3.63, 3.8) is 0 Å². The van der Waals surface area contributed by atoms with E-state index in [0.717, 1.165) is 19.6 Å². The molecular weight excluding hydrogens is 188 g/mol. The van der Waals surface area contributed by atoms with Gasteiger partial charge >= 0.3 is 0 Å². The van der Waals surface area contributed by atoms with Gasteiger partial charge in [-0.1, -0.05) is 19.8 Å². The van der Waals surface area contributed by atoms with Crippen LogP contribution in [-0.2, 0) is 6.54 Å². The van der Waals surface area contributed by atoms with Gasteiger partial charge in [0.1, 0.15) is 12.2 Å². The molecule has 1 saturated heterocycles. The van der Waals surface area contributed by atoms with Gasteiger partial charge < -0.3 is 9.88 Å². The van der Waals surface area contributed by atoms with Crippen LogP contribution in [0.2, 0.25) is 0 Å². The normalized spacial score (nSPS) is 21.0. The van der Waals surface area contributed by atoms with Crippen molar-refractivity contribution in [1.82, 2.24) is 20.1 Å². The van der Waals surface area contributed by atoms with E-state index in [0.29, 0.717) is 5.92 Å². The van der Waals surface area contributed by atoms with Crippen LogP contribution in [0.15, 0.2) is 6.33 Å². The molecular formula is C11H20N4. The van der Waals surface area contributed by atoms with Gasteiger partial charge in [0.05, 0.1) is 0 Å². The van der Waals surface area contributed by atoms with E-state index in [9.17, 15) is 0 Å². The molecule has 15 heavy (non-hydrogen) atoms. The van der Waals surface area contributed by atoms with Crippen molar-refractivity contribution in [2.75, 3.05) is 13.1 Å². The quantitative estimate of drug-likeness (QED) is 0.746. The lowest BCUT2D eigenvalue weighted by Crippen LogP contribution is -2.12. The van der Waals surface area contributed by atoms with Crippen molar-refractivity contribution in [2.24, 2.45) is 0 Å². The van der Waals surface area contributed by atoms with Gasteiger partial charge in [-0.3, -0.25) is 0 Å². The third-order valence-corrected chi connectivity index (χ3v) is 3.07. The van der Waals surface area contributed by atoms with Crippen LogP contribution in [0.3, 0.4) is 0 Å². The molecule has 0 amide bonds. The Hall–Kier alpha value is -0.900. The lowest BCUT2D eigenvalue weighted by Gasteiger charge is -2.10. The van der Waals surface area contributed by atoms with Crippen LogP contribution in [0.4, 0.5) is 0 Å². The lowest BCUT2D eigenvalue weighted by molar-refractivity contribution is 0.553. The van der Waals surface area contributed by atoms with Crippen LogP contribution in [0.25, 0.3) is 0 Å². The molecule has 4 nitrogen and oxygen atoms in total. The van der Waals surface area contributed by atoms with Crippen molar-refractivity contribution < 1.29 is 0 Å². The molecule has 0 bridgehead atoms. The highest BCUT2D eigenvalue weighted by molar-refractivity contribution is 5.00. The predicted molar refractivity (Wildman–Crippen MR) is 59.8 cm³/mol. The van der Waals surface area contributed by atoms with Crippen molar-refractivity contribution in [1.29, 1.82) is 0 Å². The van der Waals surface area contributed by atoms with Crippen molar-refractivity contribution in [3.05, 3.63) is 12.2 Å². The van der Waals surface area contributed by atoms with E-state index < -0.39 is 0 Å². The van der Waals surface area contributed by atoms with E-state index in [-0.39, 0.29) is 0 Å².